The first-order chi connectivity index (χ1) is 5.95. The second kappa shape index (κ2) is 2.41. The van der Waals surface area contributed by atoms with Crippen LogP contribution in [0.3, 0.4) is 0 Å². The van der Waals surface area contributed by atoms with E-state index in [-0.39, 0.29) is 0 Å². The number of furan rings is 1. The summed E-state index contributed by atoms with van der Waals surface area (Å²) in [4.78, 5) is 19.4. The minimum atomic E-state index is -1.60. The molecule has 6 heteroatoms. The highest BCUT2D eigenvalue weighted by Gasteiger charge is 2.15. The highest BCUT2D eigenvalue weighted by Crippen LogP contribution is 2.14. The zero-order chi connectivity index (χ0) is 10.2. The third-order valence-corrected chi connectivity index (χ3v) is 0.842. The summed E-state index contributed by atoms with van der Waals surface area (Å²) in [6, 6.07) is -1.62. The highest BCUT2D eigenvalue weighted by atomic mass is 16.6. The van der Waals surface area contributed by atoms with Crippen molar-refractivity contribution in [3.8, 4) is 0 Å². The molecule has 0 amide bonds. The van der Waals surface area contributed by atoms with E-state index in [2.05, 4.69) is 4.42 Å². The number of hydrogen-bond donors (Lipinski definition) is 1. The number of carbonyl (C=O) groups is 1. The first-order valence-electron chi connectivity index (χ1n) is 3.42. The molecule has 0 saturated carbocycles. The average molecular weight is 159 g/mol. The molecule has 0 spiro atoms. The van der Waals surface area contributed by atoms with Crippen molar-refractivity contribution >= 4 is 11.9 Å². The maximum absolute atomic E-state index is 10.3. The van der Waals surface area contributed by atoms with E-state index >= 15 is 0 Å². The van der Waals surface area contributed by atoms with Gasteiger partial charge in [-0.3, -0.25) is 10.1 Å². The van der Waals surface area contributed by atoms with Crippen molar-refractivity contribution in [2.24, 2.45) is 0 Å². The molecule has 0 saturated heterocycles. The van der Waals surface area contributed by atoms with Crippen LogP contribution < -0.4 is 0 Å². The quantitative estimate of drug-likeness (QED) is 0.510. The molecule has 0 bridgehead atoms. The van der Waals surface area contributed by atoms with E-state index in [4.69, 9.17) is 7.85 Å². The van der Waals surface area contributed by atoms with Gasteiger partial charge in [-0.1, -0.05) is 0 Å². The maximum atomic E-state index is 10.3. The molecule has 6 nitrogen and oxygen atoms in total. The number of nitrogens with zero attached hydrogens (tertiary/aromatic N) is 1. The Labute approximate surface area is 63.0 Å². The lowest BCUT2D eigenvalue weighted by molar-refractivity contribution is -0.402. The van der Waals surface area contributed by atoms with Crippen molar-refractivity contribution in [3.63, 3.8) is 0 Å². The Balaban J connectivity index is 3.36. The van der Waals surface area contributed by atoms with Gasteiger partial charge < -0.3 is 9.52 Å². The van der Waals surface area contributed by atoms with Crippen molar-refractivity contribution in [2.75, 3.05) is 0 Å². The predicted octanol–water partition coefficient (Wildman–Crippen LogP) is 0.886. The molecular formula is C5H3NO5. The molecule has 0 radical (unpaired) electrons. The Morgan fingerprint density at radius 2 is 2.45 bits per heavy atom. The van der Waals surface area contributed by atoms with Crippen LogP contribution in [0.25, 0.3) is 0 Å². The smallest absolute Gasteiger partial charge is 0.433 e. The number of carboxylic acid groups (broad SMARTS) is 1. The Kier molecular flexibility index (Phi) is 1.07. The second-order valence-corrected chi connectivity index (χ2v) is 1.55. The second-order valence-electron chi connectivity index (χ2n) is 1.55. The lowest BCUT2D eigenvalue weighted by Crippen LogP contribution is -1.92. The minimum absolute atomic E-state index is 0.792. The third-order valence-electron chi connectivity index (χ3n) is 0.842. The summed E-state index contributed by atoms with van der Waals surface area (Å²) < 4.78 is 18.1. The van der Waals surface area contributed by atoms with Crippen molar-refractivity contribution in [1.29, 1.82) is 0 Å². The predicted molar refractivity (Wildman–Crippen MR) is 32.3 cm³/mol. The van der Waals surface area contributed by atoms with E-state index in [1.54, 1.807) is 0 Å². The van der Waals surface area contributed by atoms with E-state index < -0.39 is 34.6 Å². The minimum Gasteiger partial charge on any atom is -0.475 e. The average Bonchev–Trinajstić information content (AvgIpc) is 2.29. The standard InChI is InChI=1S/C5H3NO5/c7-5(8)3-1-2-4(11-3)6(9)10/h1-2H,(H,7,8)/i1D,2D. The van der Waals surface area contributed by atoms with E-state index in [0.717, 1.165) is 0 Å². The molecule has 1 heterocycles. The van der Waals surface area contributed by atoms with Gasteiger partial charge in [0.25, 0.3) is 0 Å². The van der Waals surface area contributed by atoms with Gasteiger partial charge in [0.15, 0.2) is 0 Å². The summed E-state index contributed by atoms with van der Waals surface area (Å²) in [5.41, 5.74) is 0. The molecule has 0 aromatic carbocycles. The Bertz CT molecular complexity index is 350. The zero-order valence-electron chi connectivity index (χ0n) is 7.03. The molecule has 0 atom stereocenters. The number of nitro groups is 1. The number of rotatable bonds is 2. The van der Waals surface area contributed by atoms with E-state index in [0.29, 0.717) is 0 Å². The summed E-state index contributed by atoms with van der Waals surface area (Å²) in [7, 11) is 0. The van der Waals surface area contributed by atoms with E-state index in [9.17, 15) is 14.9 Å². The fourth-order valence-electron chi connectivity index (χ4n) is 0.438. The topological polar surface area (TPSA) is 93.6 Å². The first-order valence-corrected chi connectivity index (χ1v) is 2.42. The molecule has 0 aliphatic heterocycles. The number of carboxylic acids is 1. The Hall–Kier alpha value is -1.85. The largest absolute Gasteiger partial charge is 0.475 e. The Morgan fingerprint density at radius 1 is 1.82 bits per heavy atom. The highest BCUT2D eigenvalue weighted by molar-refractivity contribution is 5.84. The summed E-state index contributed by atoms with van der Waals surface area (Å²) in [6.07, 6.45) is 0. The Morgan fingerprint density at radius 3 is 2.73 bits per heavy atom. The lowest BCUT2D eigenvalue weighted by atomic mass is 10.5. The molecule has 1 aromatic rings. The van der Waals surface area contributed by atoms with Crippen LogP contribution in [0.4, 0.5) is 5.88 Å². The van der Waals surface area contributed by atoms with E-state index in [1.807, 2.05) is 0 Å². The monoisotopic (exact) mass is 159 g/mol. The van der Waals surface area contributed by atoms with Gasteiger partial charge in [0.1, 0.15) is 4.92 Å². The van der Waals surface area contributed by atoms with Gasteiger partial charge in [-0.05, 0) is 6.04 Å². The molecule has 0 unspecified atom stereocenters. The number of aromatic carboxylic acids is 1. The fourth-order valence-corrected chi connectivity index (χ4v) is 0.438. The van der Waals surface area contributed by atoms with Crippen molar-refractivity contribution in [1.82, 2.24) is 0 Å². The number of hydrogen-bond acceptors (Lipinski definition) is 4. The van der Waals surface area contributed by atoms with Crippen LogP contribution in [0.15, 0.2) is 16.5 Å². The van der Waals surface area contributed by atoms with E-state index in [1.165, 1.54) is 0 Å². The van der Waals surface area contributed by atoms with Gasteiger partial charge >= 0.3 is 11.9 Å². The summed E-state index contributed by atoms with van der Waals surface area (Å²) in [5, 5.41) is 18.5. The molecule has 1 N–H and O–H groups in total. The van der Waals surface area contributed by atoms with Gasteiger partial charge in [0, 0.05) is 0 Å². The molecule has 58 valence electrons. The van der Waals surface area contributed by atoms with Crippen LogP contribution in [0.5, 0.6) is 0 Å². The summed E-state index contributed by atoms with van der Waals surface area (Å²) in [5.74, 6) is -3.52. The fraction of sp³-hybridized carbons (Fsp3) is 0. The van der Waals surface area contributed by atoms with Crippen LogP contribution >= 0.6 is 0 Å². The van der Waals surface area contributed by atoms with Crippen molar-refractivity contribution < 1.29 is 22.0 Å². The molecule has 1 aromatic heterocycles. The molecule has 11 heavy (non-hydrogen) atoms. The van der Waals surface area contributed by atoms with Crippen LogP contribution in [0.1, 0.15) is 13.3 Å². The summed E-state index contributed by atoms with van der Waals surface area (Å²) in [6.45, 7) is 0. The van der Waals surface area contributed by atoms with Crippen molar-refractivity contribution in [3.05, 3.63) is 28.0 Å². The SMILES string of the molecule is [2H]c1c(C(=O)O)oc([N+](=O)[O-])c1[2H]. The molecule has 0 aliphatic rings. The van der Waals surface area contributed by atoms with Crippen LogP contribution in [-0.2, 0) is 0 Å². The van der Waals surface area contributed by atoms with Crippen molar-refractivity contribution in [2.45, 2.75) is 0 Å². The molecule has 1 rings (SSSR count). The lowest BCUT2D eigenvalue weighted by Gasteiger charge is -1.82. The van der Waals surface area contributed by atoms with Gasteiger partial charge in [0.05, 0.1) is 8.78 Å². The molecular weight excluding hydrogens is 154 g/mol. The zero-order valence-corrected chi connectivity index (χ0v) is 5.03. The van der Waals surface area contributed by atoms with Gasteiger partial charge in [-0.25, -0.2) is 4.79 Å². The maximum Gasteiger partial charge on any atom is 0.433 e. The third kappa shape index (κ3) is 1.34. The molecule has 0 aliphatic carbocycles. The van der Waals surface area contributed by atoms with Crippen LogP contribution in [0, 0.1) is 10.1 Å². The van der Waals surface area contributed by atoms with Crippen LogP contribution in [0.2, 0.25) is 0 Å². The first kappa shape index (κ1) is 4.89. The normalized spacial score (nSPS) is 12.0. The molecule has 0 fully saturated rings. The van der Waals surface area contributed by atoms with Crippen LogP contribution in [-0.4, -0.2) is 16.0 Å². The summed E-state index contributed by atoms with van der Waals surface area (Å²) >= 11 is 0. The van der Waals surface area contributed by atoms with Gasteiger partial charge in [-0.2, -0.15) is 0 Å². The van der Waals surface area contributed by atoms with Gasteiger partial charge in [0.2, 0.25) is 5.76 Å². The van der Waals surface area contributed by atoms with Gasteiger partial charge in [-0.15, -0.1) is 0 Å².